The molecule has 1 atom stereocenters. The SMILES string of the molecule is Clc1sc(C(Cl)c2cccc3ccccc23)cc1Br. The molecule has 1 unspecified atom stereocenters. The minimum atomic E-state index is -0.181. The quantitative estimate of drug-likeness (QED) is 0.442. The van der Waals surface area contributed by atoms with E-state index in [1.54, 1.807) is 0 Å². The van der Waals surface area contributed by atoms with Gasteiger partial charge in [-0.05, 0) is 38.3 Å². The van der Waals surface area contributed by atoms with Crippen LogP contribution in [0.5, 0.6) is 0 Å². The van der Waals surface area contributed by atoms with Crippen LogP contribution in [0.4, 0.5) is 0 Å². The molecular weight excluding hydrogens is 363 g/mol. The zero-order valence-corrected chi connectivity index (χ0v) is 13.7. The molecule has 0 amide bonds. The van der Waals surface area contributed by atoms with Crippen molar-refractivity contribution in [2.75, 3.05) is 0 Å². The van der Waals surface area contributed by atoms with Gasteiger partial charge < -0.3 is 0 Å². The molecule has 0 N–H and O–H groups in total. The van der Waals surface area contributed by atoms with E-state index < -0.39 is 0 Å². The molecule has 0 saturated heterocycles. The Bertz CT molecular complexity index is 711. The summed E-state index contributed by atoms with van der Waals surface area (Å²) in [5.41, 5.74) is 1.12. The second kappa shape index (κ2) is 5.45. The first-order chi connectivity index (χ1) is 9.16. The van der Waals surface area contributed by atoms with Crippen molar-refractivity contribution in [1.29, 1.82) is 0 Å². The van der Waals surface area contributed by atoms with Crippen molar-refractivity contribution in [3.63, 3.8) is 0 Å². The fourth-order valence-corrected chi connectivity index (χ4v) is 4.23. The van der Waals surface area contributed by atoms with Crippen LogP contribution in [-0.2, 0) is 0 Å². The Labute approximate surface area is 134 Å². The summed E-state index contributed by atoms with van der Waals surface area (Å²) in [4.78, 5) is 1.05. The molecule has 4 heteroatoms. The Hall–Kier alpha value is -0.540. The zero-order valence-electron chi connectivity index (χ0n) is 9.74. The van der Waals surface area contributed by atoms with Crippen molar-refractivity contribution in [2.24, 2.45) is 0 Å². The van der Waals surface area contributed by atoms with Crippen LogP contribution in [0.25, 0.3) is 10.8 Å². The first-order valence-corrected chi connectivity index (χ1v) is 8.15. The largest absolute Gasteiger partial charge is 0.125 e. The highest BCUT2D eigenvalue weighted by molar-refractivity contribution is 9.10. The molecule has 0 radical (unpaired) electrons. The lowest BCUT2D eigenvalue weighted by Crippen LogP contribution is -1.91. The van der Waals surface area contributed by atoms with E-state index in [0.717, 1.165) is 19.2 Å². The summed E-state index contributed by atoms with van der Waals surface area (Å²) < 4.78 is 1.64. The van der Waals surface area contributed by atoms with Gasteiger partial charge in [-0.1, -0.05) is 54.1 Å². The number of fused-ring (bicyclic) bond motifs is 1. The van der Waals surface area contributed by atoms with Gasteiger partial charge >= 0.3 is 0 Å². The van der Waals surface area contributed by atoms with E-state index in [1.807, 2.05) is 24.3 Å². The molecule has 1 aromatic heterocycles. The molecule has 0 nitrogen and oxygen atoms in total. The average Bonchev–Trinajstić information content (AvgIpc) is 2.77. The molecule has 0 saturated carbocycles. The molecule has 0 aliphatic heterocycles. The van der Waals surface area contributed by atoms with Gasteiger partial charge in [-0.25, -0.2) is 0 Å². The molecule has 96 valence electrons. The number of alkyl halides is 1. The Balaban J connectivity index is 2.13. The highest BCUT2D eigenvalue weighted by Gasteiger charge is 2.17. The summed E-state index contributed by atoms with van der Waals surface area (Å²) in [5.74, 6) is 0. The van der Waals surface area contributed by atoms with Gasteiger partial charge in [0.05, 0.1) is 5.38 Å². The fourth-order valence-electron chi connectivity index (χ4n) is 2.11. The Morgan fingerprint density at radius 1 is 1.05 bits per heavy atom. The average molecular weight is 372 g/mol. The smallest absolute Gasteiger partial charge is 0.107 e. The third-order valence-electron chi connectivity index (χ3n) is 3.01. The van der Waals surface area contributed by atoms with Crippen LogP contribution in [0.3, 0.4) is 0 Å². The summed E-state index contributed by atoms with van der Waals surface area (Å²) >= 11 is 17.7. The maximum atomic E-state index is 6.63. The maximum Gasteiger partial charge on any atom is 0.107 e. The molecule has 0 aliphatic rings. The van der Waals surface area contributed by atoms with Crippen molar-refractivity contribution >= 4 is 61.2 Å². The molecule has 1 heterocycles. The van der Waals surface area contributed by atoms with Crippen LogP contribution in [0.2, 0.25) is 4.34 Å². The van der Waals surface area contributed by atoms with Gasteiger partial charge in [-0.15, -0.1) is 22.9 Å². The third kappa shape index (κ3) is 2.55. The topological polar surface area (TPSA) is 0 Å². The van der Waals surface area contributed by atoms with Crippen molar-refractivity contribution in [3.05, 3.63) is 67.8 Å². The molecule has 3 aromatic rings. The molecular formula is C15H9BrCl2S. The number of hydrogen-bond acceptors (Lipinski definition) is 1. The molecule has 0 spiro atoms. The first kappa shape index (κ1) is 13.4. The summed E-state index contributed by atoms with van der Waals surface area (Å²) in [5, 5.41) is 2.21. The van der Waals surface area contributed by atoms with Gasteiger partial charge in [0.1, 0.15) is 4.34 Å². The second-order valence-electron chi connectivity index (χ2n) is 4.20. The lowest BCUT2D eigenvalue weighted by Gasteiger charge is -2.11. The van der Waals surface area contributed by atoms with Crippen molar-refractivity contribution in [3.8, 4) is 0 Å². The molecule has 19 heavy (non-hydrogen) atoms. The molecule has 0 fully saturated rings. The second-order valence-corrected chi connectivity index (χ2v) is 7.18. The monoisotopic (exact) mass is 370 g/mol. The highest BCUT2D eigenvalue weighted by Crippen LogP contribution is 2.41. The van der Waals surface area contributed by atoms with Gasteiger partial charge in [0, 0.05) is 9.35 Å². The van der Waals surface area contributed by atoms with Crippen LogP contribution >= 0.6 is 50.5 Å². The predicted octanol–water partition coefficient (Wildman–Crippen LogP) is 6.65. The lowest BCUT2D eigenvalue weighted by molar-refractivity contribution is 1.21. The molecule has 0 bridgehead atoms. The van der Waals surface area contributed by atoms with Crippen LogP contribution in [-0.4, -0.2) is 0 Å². The first-order valence-electron chi connectivity index (χ1n) is 5.73. The Morgan fingerprint density at radius 2 is 1.79 bits per heavy atom. The molecule has 2 aromatic carbocycles. The van der Waals surface area contributed by atoms with Crippen LogP contribution in [0.1, 0.15) is 15.8 Å². The van der Waals surface area contributed by atoms with Gasteiger partial charge in [-0.3, -0.25) is 0 Å². The predicted molar refractivity (Wildman–Crippen MR) is 88.7 cm³/mol. The highest BCUT2D eigenvalue weighted by atomic mass is 79.9. The van der Waals surface area contributed by atoms with Crippen molar-refractivity contribution in [1.82, 2.24) is 0 Å². The van der Waals surface area contributed by atoms with Crippen LogP contribution < -0.4 is 0 Å². The van der Waals surface area contributed by atoms with E-state index in [1.165, 1.54) is 22.1 Å². The lowest BCUT2D eigenvalue weighted by atomic mass is 10.0. The third-order valence-corrected chi connectivity index (χ3v) is 6.15. The maximum absolute atomic E-state index is 6.63. The number of benzene rings is 2. The summed E-state index contributed by atoms with van der Waals surface area (Å²) in [6, 6.07) is 16.5. The van der Waals surface area contributed by atoms with Crippen molar-refractivity contribution in [2.45, 2.75) is 5.38 Å². The van der Waals surface area contributed by atoms with Gasteiger partial charge in [0.2, 0.25) is 0 Å². The molecule has 3 rings (SSSR count). The number of rotatable bonds is 2. The molecule has 0 aliphatic carbocycles. The van der Waals surface area contributed by atoms with Crippen LogP contribution in [0.15, 0.2) is 53.0 Å². The zero-order chi connectivity index (χ0) is 13.4. The van der Waals surface area contributed by atoms with Gasteiger partial charge in [-0.2, -0.15) is 0 Å². The number of halogens is 3. The van der Waals surface area contributed by atoms with E-state index in [-0.39, 0.29) is 5.38 Å². The normalized spacial score (nSPS) is 12.8. The van der Waals surface area contributed by atoms with Gasteiger partial charge in [0.25, 0.3) is 0 Å². The van der Waals surface area contributed by atoms with E-state index in [2.05, 4.69) is 40.2 Å². The van der Waals surface area contributed by atoms with E-state index in [9.17, 15) is 0 Å². The minimum Gasteiger partial charge on any atom is -0.125 e. The van der Waals surface area contributed by atoms with Crippen LogP contribution in [0, 0.1) is 0 Å². The fraction of sp³-hybridized carbons (Fsp3) is 0.0667. The number of thiophene rings is 1. The summed E-state index contributed by atoms with van der Waals surface area (Å²) in [7, 11) is 0. The van der Waals surface area contributed by atoms with E-state index in [4.69, 9.17) is 23.2 Å². The summed E-state index contributed by atoms with van der Waals surface area (Å²) in [6.07, 6.45) is 0. The minimum absolute atomic E-state index is 0.181. The number of hydrogen-bond donors (Lipinski definition) is 0. The van der Waals surface area contributed by atoms with Gasteiger partial charge in [0.15, 0.2) is 0 Å². The van der Waals surface area contributed by atoms with E-state index in [0.29, 0.717) is 0 Å². The summed E-state index contributed by atoms with van der Waals surface area (Å²) in [6.45, 7) is 0. The Morgan fingerprint density at radius 3 is 2.53 bits per heavy atom. The standard InChI is InChI=1S/C15H9BrCl2S/c16-12-8-13(19-15(12)18)14(17)11-7-3-5-9-4-1-2-6-10(9)11/h1-8,14H. The Kier molecular flexibility index (Phi) is 3.86. The van der Waals surface area contributed by atoms with E-state index >= 15 is 0 Å². The van der Waals surface area contributed by atoms with Crippen molar-refractivity contribution < 1.29 is 0 Å².